The Morgan fingerprint density at radius 3 is 2.59 bits per heavy atom. The van der Waals surface area contributed by atoms with Crippen molar-refractivity contribution < 1.29 is 4.74 Å². The molecular weight excluding hydrogens is 428 g/mol. The molecule has 1 saturated heterocycles. The van der Waals surface area contributed by atoms with Gasteiger partial charge in [0.15, 0.2) is 5.82 Å². The number of pyridine rings is 1. The van der Waals surface area contributed by atoms with Gasteiger partial charge in [-0.1, -0.05) is 6.42 Å². The van der Waals surface area contributed by atoms with Gasteiger partial charge in [0, 0.05) is 46.5 Å². The lowest BCUT2D eigenvalue weighted by molar-refractivity contribution is 0.154. The van der Waals surface area contributed by atoms with Crippen LogP contribution in [0, 0.1) is 12.3 Å². The number of rotatable bonds is 12. The van der Waals surface area contributed by atoms with E-state index in [-0.39, 0.29) is 0 Å². The summed E-state index contributed by atoms with van der Waals surface area (Å²) in [5, 5.41) is 12.5. The maximum absolute atomic E-state index is 9.07. The lowest BCUT2D eigenvalue weighted by Gasteiger charge is -2.29. The van der Waals surface area contributed by atoms with Crippen molar-refractivity contribution in [2.45, 2.75) is 40.0 Å². The van der Waals surface area contributed by atoms with Gasteiger partial charge in [0.1, 0.15) is 17.2 Å². The Labute approximate surface area is 204 Å². The van der Waals surface area contributed by atoms with Gasteiger partial charge in [0.2, 0.25) is 5.95 Å². The molecule has 0 saturated carbocycles. The lowest BCUT2D eigenvalue weighted by atomic mass is 10.1. The molecule has 2 N–H and O–H groups in total. The van der Waals surface area contributed by atoms with Crippen LogP contribution in [0.5, 0.6) is 0 Å². The Hall–Kier alpha value is -2.78. The van der Waals surface area contributed by atoms with Gasteiger partial charge >= 0.3 is 0 Å². The summed E-state index contributed by atoms with van der Waals surface area (Å²) in [5.74, 6) is 1.97. The Balaban J connectivity index is 2.05. The van der Waals surface area contributed by atoms with Gasteiger partial charge < -0.3 is 25.3 Å². The number of hydrogen-bond acceptors (Lipinski definition) is 9. The first-order chi connectivity index (χ1) is 16.4. The standard InChI is InChI=1S/C25H40N8O/c1-6-31(4)25-29-22(20(26)18-33-13-9-8-10-14-33)23(32(5)15-16-34-7-2)24(30-25)28-21-17-19(3)11-12-27-21/h11-12,17,26H,6-10,13-16,18H2,1-5H3,(H,27,28,29,30). The number of ether oxygens (including phenoxy) is 1. The summed E-state index contributed by atoms with van der Waals surface area (Å²) in [6, 6.07) is 3.96. The molecule has 34 heavy (non-hydrogen) atoms. The van der Waals surface area contributed by atoms with Gasteiger partial charge in [-0.3, -0.25) is 4.90 Å². The second-order valence-electron chi connectivity index (χ2n) is 8.86. The van der Waals surface area contributed by atoms with Crippen LogP contribution in [0.1, 0.15) is 44.4 Å². The number of hydrogen-bond donors (Lipinski definition) is 2. The monoisotopic (exact) mass is 468 g/mol. The van der Waals surface area contributed by atoms with Crippen LogP contribution in [-0.2, 0) is 4.74 Å². The highest BCUT2D eigenvalue weighted by Gasteiger charge is 2.24. The van der Waals surface area contributed by atoms with Gasteiger partial charge in [-0.25, -0.2) is 9.97 Å². The predicted octanol–water partition coefficient (Wildman–Crippen LogP) is 3.71. The van der Waals surface area contributed by atoms with E-state index in [1.54, 1.807) is 6.20 Å². The fraction of sp³-hybridized carbons (Fsp3) is 0.600. The molecule has 186 valence electrons. The van der Waals surface area contributed by atoms with Crippen molar-refractivity contribution in [2.75, 3.05) is 75.1 Å². The van der Waals surface area contributed by atoms with Crippen LogP contribution in [0.25, 0.3) is 0 Å². The highest BCUT2D eigenvalue weighted by molar-refractivity contribution is 6.05. The van der Waals surface area contributed by atoms with E-state index in [9.17, 15) is 0 Å². The Kier molecular flexibility index (Phi) is 9.59. The number of aromatic nitrogens is 3. The van der Waals surface area contributed by atoms with Gasteiger partial charge in [0.05, 0.1) is 12.3 Å². The number of anilines is 4. The summed E-state index contributed by atoms with van der Waals surface area (Å²) in [6.07, 6.45) is 5.43. The molecule has 3 heterocycles. The van der Waals surface area contributed by atoms with Crippen LogP contribution in [0.2, 0.25) is 0 Å². The average molecular weight is 469 g/mol. The molecule has 2 aromatic rings. The predicted molar refractivity (Wildman–Crippen MR) is 140 cm³/mol. The molecule has 2 aromatic heterocycles. The molecule has 0 amide bonds. The molecule has 9 heteroatoms. The molecule has 9 nitrogen and oxygen atoms in total. The molecule has 0 atom stereocenters. The maximum atomic E-state index is 9.07. The fourth-order valence-corrected chi connectivity index (χ4v) is 4.01. The minimum Gasteiger partial charge on any atom is -0.380 e. The topological polar surface area (TPSA) is 93.5 Å². The molecule has 3 rings (SSSR count). The molecule has 0 aromatic carbocycles. The summed E-state index contributed by atoms with van der Waals surface area (Å²) in [7, 11) is 3.98. The van der Waals surface area contributed by atoms with E-state index >= 15 is 0 Å². The van der Waals surface area contributed by atoms with Crippen LogP contribution in [0.3, 0.4) is 0 Å². The number of nitrogens with one attached hydrogen (secondary N) is 2. The number of piperidine rings is 1. The van der Waals surface area contributed by atoms with Gasteiger partial charge in [-0.15, -0.1) is 0 Å². The molecule has 0 bridgehead atoms. The number of aryl methyl sites for hydroxylation is 1. The van der Waals surface area contributed by atoms with Crippen molar-refractivity contribution in [3.63, 3.8) is 0 Å². The Morgan fingerprint density at radius 1 is 1.15 bits per heavy atom. The molecule has 1 aliphatic heterocycles. The minimum absolute atomic E-state index is 0.508. The van der Waals surface area contributed by atoms with Gasteiger partial charge in [-0.2, -0.15) is 4.98 Å². The van der Waals surface area contributed by atoms with Crippen LogP contribution in [0.4, 0.5) is 23.3 Å². The van der Waals surface area contributed by atoms with E-state index in [4.69, 9.17) is 20.1 Å². The van der Waals surface area contributed by atoms with E-state index in [1.807, 2.05) is 45.0 Å². The van der Waals surface area contributed by atoms with Crippen molar-refractivity contribution in [1.29, 1.82) is 5.41 Å². The first-order valence-electron chi connectivity index (χ1n) is 12.3. The third-order valence-corrected chi connectivity index (χ3v) is 6.12. The molecule has 0 unspecified atom stereocenters. The minimum atomic E-state index is 0.508. The fourth-order valence-electron chi connectivity index (χ4n) is 4.01. The number of nitrogens with zero attached hydrogens (tertiary/aromatic N) is 6. The van der Waals surface area contributed by atoms with E-state index in [0.717, 1.165) is 36.7 Å². The zero-order valence-corrected chi connectivity index (χ0v) is 21.4. The summed E-state index contributed by atoms with van der Waals surface area (Å²) in [4.78, 5) is 20.7. The van der Waals surface area contributed by atoms with Crippen LogP contribution < -0.4 is 15.1 Å². The molecular formula is C25H40N8O. The zero-order valence-electron chi connectivity index (χ0n) is 21.4. The lowest BCUT2D eigenvalue weighted by Crippen LogP contribution is -2.36. The van der Waals surface area contributed by atoms with Crippen molar-refractivity contribution >= 4 is 29.0 Å². The highest BCUT2D eigenvalue weighted by Crippen LogP contribution is 2.32. The van der Waals surface area contributed by atoms with Gasteiger partial charge in [0.25, 0.3) is 0 Å². The molecule has 0 radical (unpaired) electrons. The number of likely N-dealkylation sites (N-methyl/N-ethyl adjacent to an activating group) is 1. The first kappa shape index (κ1) is 25.8. The zero-order chi connectivity index (χ0) is 24.5. The smallest absolute Gasteiger partial charge is 0.227 e. The van der Waals surface area contributed by atoms with Crippen LogP contribution in [-0.4, -0.2) is 85.6 Å². The van der Waals surface area contributed by atoms with Crippen molar-refractivity contribution in [1.82, 2.24) is 19.9 Å². The Morgan fingerprint density at radius 2 is 1.91 bits per heavy atom. The van der Waals surface area contributed by atoms with Crippen LogP contribution in [0.15, 0.2) is 18.3 Å². The highest BCUT2D eigenvalue weighted by atomic mass is 16.5. The normalized spacial score (nSPS) is 14.1. The van der Waals surface area contributed by atoms with Crippen molar-refractivity contribution in [3.8, 4) is 0 Å². The molecule has 1 aliphatic rings. The summed E-state index contributed by atoms with van der Waals surface area (Å²) < 4.78 is 5.62. The Bertz CT molecular complexity index is 945. The molecule has 0 spiro atoms. The van der Waals surface area contributed by atoms with Crippen molar-refractivity contribution in [2.24, 2.45) is 0 Å². The average Bonchev–Trinajstić information content (AvgIpc) is 2.83. The second kappa shape index (κ2) is 12.6. The summed E-state index contributed by atoms with van der Waals surface area (Å²) in [6.45, 7) is 11.4. The maximum Gasteiger partial charge on any atom is 0.227 e. The van der Waals surface area contributed by atoms with Gasteiger partial charge in [-0.05, 0) is 64.4 Å². The summed E-state index contributed by atoms with van der Waals surface area (Å²) in [5.41, 5.74) is 3.08. The van der Waals surface area contributed by atoms with E-state index in [1.165, 1.54) is 19.3 Å². The largest absolute Gasteiger partial charge is 0.380 e. The quantitative estimate of drug-likeness (QED) is 0.360. The molecule has 0 aliphatic carbocycles. The first-order valence-corrected chi connectivity index (χ1v) is 12.3. The van der Waals surface area contributed by atoms with E-state index in [0.29, 0.717) is 49.5 Å². The SMILES string of the molecule is CCOCCN(C)c1c(Nc2cc(C)ccn2)nc(N(C)CC)nc1C(=N)CN1CCCCC1. The van der Waals surface area contributed by atoms with Crippen molar-refractivity contribution in [3.05, 3.63) is 29.6 Å². The molecule has 1 fully saturated rings. The van der Waals surface area contributed by atoms with Crippen LogP contribution >= 0.6 is 0 Å². The third kappa shape index (κ3) is 6.87. The van der Waals surface area contributed by atoms with E-state index < -0.39 is 0 Å². The van der Waals surface area contributed by atoms with E-state index in [2.05, 4.69) is 27.0 Å². The number of likely N-dealkylation sites (tertiary alicyclic amines) is 1. The third-order valence-electron chi connectivity index (χ3n) is 6.12. The second-order valence-corrected chi connectivity index (χ2v) is 8.86. The summed E-state index contributed by atoms with van der Waals surface area (Å²) >= 11 is 0.